The van der Waals surface area contributed by atoms with Crippen LogP contribution in [0.2, 0.25) is 0 Å². The van der Waals surface area contributed by atoms with Crippen molar-refractivity contribution in [1.82, 2.24) is 0 Å². The number of ether oxygens (including phenoxy) is 2. The van der Waals surface area contributed by atoms with Crippen molar-refractivity contribution in [1.29, 1.82) is 0 Å². The Hall–Kier alpha value is -1.32. The molecule has 0 aliphatic carbocycles. The van der Waals surface area contributed by atoms with Crippen LogP contribution < -0.4 is 0 Å². The largest absolute Gasteiger partial charge is 0.462 e. The average molecular weight is 298 g/mol. The van der Waals surface area contributed by atoms with Gasteiger partial charge in [0.25, 0.3) is 0 Å². The van der Waals surface area contributed by atoms with Crippen molar-refractivity contribution in [3.8, 4) is 0 Å². The zero-order valence-electron chi connectivity index (χ0n) is 14.2. The van der Waals surface area contributed by atoms with Crippen molar-refractivity contribution in [2.75, 3.05) is 13.2 Å². The summed E-state index contributed by atoms with van der Waals surface area (Å²) in [4.78, 5) is 24.3. The Labute approximate surface area is 128 Å². The van der Waals surface area contributed by atoms with E-state index in [2.05, 4.69) is 0 Å². The van der Waals surface area contributed by atoms with Gasteiger partial charge in [0.05, 0.1) is 18.8 Å². The zero-order chi connectivity index (χ0) is 16.3. The molecule has 0 aromatic carbocycles. The minimum atomic E-state index is -0.387. The van der Waals surface area contributed by atoms with Gasteiger partial charge in [-0.2, -0.15) is 0 Å². The number of hydrogen-bond acceptors (Lipinski definition) is 4. The molecule has 0 heterocycles. The Morgan fingerprint density at radius 2 is 1.33 bits per heavy atom. The first-order valence-corrected chi connectivity index (χ1v) is 8.06. The third-order valence-electron chi connectivity index (χ3n) is 3.18. The third kappa shape index (κ3) is 7.30. The maximum atomic E-state index is 12.2. The molecule has 4 nitrogen and oxygen atoms in total. The minimum Gasteiger partial charge on any atom is -0.462 e. The van der Waals surface area contributed by atoms with Crippen LogP contribution in [-0.2, 0) is 19.1 Å². The zero-order valence-corrected chi connectivity index (χ0v) is 14.2. The van der Waals surface area contributed by atoms with Crippen molar-refractivity contribution >= 4 is 11.9 Å². The van der Waals surface area contributed by atoms with Crippen molar-refractivity contribution in [3.63, 3.8) is 0 Å². The van der Waals surface area contributed by atoms with Crippen molar-refractivity contribution < 1.29 is 19.1 Å². The van der Waals surface area contributed by atoms with Gasteiger partial charge in [-0.15, -0.1) is 0 Å². The van der Waals surface area contributed by atoms with Gasteiger partial charge in [0, 0.05) is 5.57 Å². The molecule has 0 aromatic heterocycles. The standard InChI is InChI=1S/C17H30O4/c1-6-9-11-20-16(18)14(8-3)15(13(4)5)17(19)21-12-10-7-2/h13H,6-12H2,1-5H3. The Bertz CT molecular complexity index is 356. The molecule has 21 heavy (non-hydrogen) atoms. The fourth-order valence-electron chi connectivity index (χ4n) is 1.94. The summed E-state index contributed by atoms with van der Waals surface area (Å²) < 4.78 is 10.5. The van der Waals surface area contributed by atoms with E-state index in [4.69, 9.17) is 9.47 Å². The van der Waals surface area contributed by atoms with Gasteiger partial charge in [0.15, 0.2) is 0 Å². The monoisotopic (exact) mass is 298 g/mol. The van der Waals surface area contributed by atoms with Crippen LogP contribution in [0.3, 0.4) is 0 Å². The second kappa shape index (κ2) is 11.4. The van der Waals surface area contributed by atoms with Crippen molar-refractivity contribution in [2.24, 2.45) is 5.92 Å². The molecule has 0 radical (unpaired) electrons. The number of hydrogen-bond donors (Lipinski definition) is 0. The van der Waals surface area contributed by atoms with Crippen LogP contribution in [0, 0.1) is 5.92 Å². The highest BCUT2D eigenvalue weighted by atomic mass is 16.5. The van der Waals surface area contributed by atoms with Gasteiger partial charge in [0.1, 0.15) is 0 Å². The summed E-state index contributed by atoms with van der Waals surface area (Å²) in [6.45, 7) is 10.5. The van der Waals surface area contributed by atoms with Gasteiger partial charge in [-0.25, -0.2) is 9.59 Å². The number of unbranched alkanes of at least 4 members (excludes halogenated alkanes) is 2. The first-order valence-electron chi connectivity index (χ1n) is 8.06. The molecule has 0 fully saturated rings. The molecule has 0 aliphatic rings. The van der Waals surface area contributed by atoms with E-state index in [1.165, 1.54) is 0 Å². The third-order valence-corrected chi connectivity index (χ3v) is 3.18. The molecule has 0 amide bonds. The molecule has 0 aromatic rings. The maximum Gasteiger partial charge on any atom is 0.334 e. The van der Waals surface area contributed by atoms with Crippen LogP contribution in [0.1, 0.15) is 66.7 Å². The summed E-state index contributed by atoms with van der Waals surface area (Å²) in [7, 11) is 0. The quantitative estimate of drug-likeness (QED) is 0.347. The molecule has 0 atom stereocenters. The Kier molecular flexibility index (Phi) is 10.6. The highest BCUT2D eigenvalue weighted by Crippen LogP contribution is 2.21. The summed E-state index contributed by atoms with van der Waals surface area (Å²) in [5.41, 5.74) is 0.901. The summed E-state index contributed by atoms with van der Waals surface area (Å²) >= 11 is 0. The fraction of sp³-hybridized carbons (Fsp3) is 0.765. The first kappa shape index (κ1) is 19.7. The summed E-state index contributed by atoms with van der Waals surface area (Å²) in [5, 5.41) is 0. The number of esters is 2. The van der Waals surface area contributed by atoms with Crippen LogP contribution in [-0.4, -0.2) is 25.2 Å². The topological polar surface area (TPSA) is 52.6 Å². The molecule has 4 heteroatoms. The van der Waals surface area contributed by atoms with Gasteiger partial charge in [-0.3, -0.25) is 0 Å². The molecule has 0 saturated carbocycles. The molecule has 0 aliphatic heterocycles. The van der Waals surface area contributed by atoms with Crippen LogP contribution in [0.5, 0.6) is 0 Å². The Morgan fingerprint density at radius 3 is 1.71 bits per heavy atom. The molecule has 0 N–H and O–H groups in total. The highest BCUT2D eigenvalue weighted by Gasteiger charge is 2.24. The minimum absolute atomic E-state index is 0.0622. The lowest BCUT2D eigenvalue weighted by Crippen LogP contribution is -2.20. The van der Waals surface area contributed by atoms with E-state index in [0.717, 1.165) is 25.7 Å². The smallest absolute Gasteiger partial charge is 0.334 e. The van der Waals surface area contributed by atoms with E-state index < -0.39 is 0 Å². The van der Waals surface area contributed by atoms with E-state index in [9.17, 15) is 9.59 Å². The molecule has 0 spiro atoms. The van der Waals surface area contributed by atoms with Crippen molar-refractivity contribution in [3.05, 3.63) is 11.1 Å². The van der Waals surface area contributed by atoms with E-state index in [-0.39, 0.29) is 17.9 Å². The van der Waals surface area contributed by atoms with Crippen LogP contribution in [0.15, 0.2) is 11.1 Å². The van der Waals surface area contributed by atoms with Gasteiger partial charge >= 0.3 is 11.9 Å². The van der Waals surface area contributed by atoms with Crippen LogP contribution in [0.25, 0.3) is 0 Å². The molecule has 0 rings (SSSR count). The second-order valence-corrected chi connectivity index (χ2v) is 5.38. The van der Waals surface area contributed by atoms with Gasteiger partial charge in [0.2, 0.25) is 0 Å². The Balaban J connectivity index is 5.03. The van der Waals surface area contributed by atoms with E-state index in [0.29, 0.717) is 30.8 Å². The highest BCUT2D eigenvalue weighted by molar-refractivity contribution is 6.00. The molecular weight excluding hydrogens is 268 g/mol. The molecule has 0 unspecified atom stereocenters. The van der Waals surface area contributed by atoms with Gasteiger partial charge in [-0.1, -0.05) is 47.5 Å². The van der Waals surface area contributed by atoms with E-state index >= 15 is 0 Å². The second-order valence-electron chi connectivity index (χ2n) is 5.38. The molecule has 0 saturated heterocycles. The number of rotatable bonds is 10. The Morgan fingerprint density at radius 1 is 0.857 bits per heavy atom. The van der Waals surface area contributed by atoms with Crippen LogP contribution >= 0.6 is 0 Å². The van der Waals surface area contributed by atoms with Gasteiger partial charge < -0.3 is 9.47 Å². The lowest BCUT2D eigenvalue weighted by Gasteiger charge is -2.16. The molecular formula is C17H30O4. The lowest BCUT2D eigenvalue weighted by atomic mass is 9.95. The normalized spacial score (nSPS) is 12.1. The predicted octanol–water partition coefficient (Wildman–Crippen LogP) is 4.04. The van der Waals surface area contributed by atoms with Gasteiger partial charge in [-0.05, 0) is 25.2 Å². The number of carbonyl (C=O) groups is 2. The first-order chi connectivity index (χ1) is 9.99. The van der Waals surface area contributed by atoms with Crippen LogP contribution in [0.4, 0.5) is 0 Å². The van der Waals surface area contributed by atoms with E-state index in [1.54, 1.807) is 0 Å². The summed E-state index contributed by atoms with van der Waals surface area (Å²) in [6.07, 6.45) is 4.07. The van der Waals surface area contributed by atoms with Crippen molar-refractivity contribution in [2.45, 2.75) is 66.7 Å². The lowest BCUT2D eigenvalue weighted by molar-refractivity contribution is -0.143. The SMILES string of the molecule is CCCCOC(=O)C(CC)=C(C(=O)OCCCC)C(C)C. The predicted molar refractivity (Wildman–Crippen MR) is 83.9 cm³/mol. The average Bonchev–Trinajstić information content (AvgIpc) is 2.44. The maximum absolute atomic E-state index is 12.2. The van der Waals surface area contributed by atoms with E-state index in [1.807, 2.05) is 34.6 Å². The summed E-state index contributed by atoms with van der Waals surface area (Å²) in [5.74, 6) is -0.836. The summed E-state index contributed by atoms with van der Waals surface area (Å²) in [6, 6.07) is 0. The molecule has 0 bridgehead atoms. The fourth-order valence-corrected chi connectivity index (χ4v) is 1.94. The number of carbonyl (C=O) groups excluding carboxylic acids is 2. The molecule has 122 valence electrons.